The molecule has 6 nitrogen and oxygen atoms in total. The Balaban J connectivity index is 2.78. The number of sulfone groups is 1. The van der Waals surface area contributed by atoms with Gasteiger partial charge >= 0.3 is 0 Å². The average molecular weight is 285 g/mol. The summed E-state index contributed by atoms with van der Waals surface area (Å²) in [5.74, 6) is -0.124. The third-order valence-electron chi connectivity index (χ3n) is 2.98. The summed E-state index contributed by atoms with van der Waals surface area (Å²) in [7, 11) is -6.53. The molecule has 1 rings (SSSR count). The van der Waals surface area contributed by atoms with Gasteiger partial charge in [0.25, 0.3) is 0 Å². The molecule has 0 aliphatic carbocycles. The molecule has 1 heterocycles. The van der Waals surface area contributed by atoms with Crippen LogP contribution in [0, 0.1) is 0 Å². The van der Waals surface area contributed by atoms with Crippen molar-refractivity contribution in [2.75, 3.05) is 31.2 Å². The van der Waals surface area contributed by atoms with E-state index in [0.29, 0.717) is 6.54 Å². The van der Waals surface area contributed by atoms with E-state index in [0.717, 1.165) is 0 Å². The number of nitrogens with zero attached hydrogens (tertiary/aromatic N) is 1. The minimum atomic E-state index is -3.48. The predicted octanol–water partition coefficient (Wildman–Crippen LogP) is -0.792. The maximum absolute atomic E-state index is 12.1. The highest BCUT2D eigenvalue weighted by atomic mass is 32.2. The second-order valence-electron chi connectivity index (χ2n) is 4.11. The van der Waals surface area contributed by atoms with Crippen LogP contribution in [0.25, 0.3) is 0 Å². The highest BCUT2D eigenvalue weighted by molar-refractivity contribution is 7.92. The molecule has 102 valence electrons. The standard InChI is InChI=1S/C9H19NO5S2/c1-2-10(5-6-11)17(14,15)9-3-7-16(12,13)8-4-9/h9,11H,2-8H2,1H3. The molecule has 1 fully saturated rings. The summed E-state index contributed by atoms with van der Waals surface area (Å²) in [5.41, 5.74) is 0. The molecule has 0 atom stereocenters. The Hall–Kier alpha value is -0.180. The fraction of sp³-hybridized carbons (Fsp3) is 1.00. The zero-order valence-corrected chi connectivity index (χ0v) is 11.5. The van der Waals surface area contributed by atoms with Crippen LogP contribution in [0.2, 0.25) is 0 Å². The number of rotatable bonds is 5. The lowest BCUT2D eigenvalue weighted by Crippen LogP contribution is -2.43. The molecule has 0 unspecified atom stereocenters. The summed E-state index contributed by atoms with van der Waals surface area (Å²) in [6.45, 7) is 1.85. The molecule has 0 spiro atoms. The van der Waals surface area contributed by atoms with Crippen LogP contribution in [-0.2, 0) is 19.9 Å². The van der Waals surface area contributed by atoms with Gasteiger partial charge in [-0.05, 0) is 12.8 Å². The van der Waals surface area contributed by atoms with Crippen molar-refractivity contribution in [3.05, 3.63) is 0 Å². The van der Waals surface area contributed by atoms with Crippen molar-refractivity contribution in [2.45, 2.75) is 25.0 Å². The molecular formula is C9H19NO5S2. The number of sulfonamides is 1. The molecule has 0 bridgehead atoms. The largest absolute Gasteiger partial charge is 0.395 e. The maximum atomic E-state index is 12.1. The lowest BCUT2D eigenvalue weighted by atomic mass is 10.2. The SMILES string of the molecule is CCN(CCO)S(=O)(=O)C1CCS(=O)(=O)CC1. The van der Waals surface area contributed by atoms with Gasteiger partial charge in [0.2, 0.25) is 10.0 Å². The highest BCUT2D eigenvalue weighted by Gasteiger charge is 2.35. The Morgan fingerprint density at radius 1 is 1.29 bits per heavy atom. The first-order chi connectivity index (χ1) is 7.83. The van der Waals surface area contributed by atoms with Crippen molar-refractivity contribution >= 4 is 19.9 Å². The molecule has 0 amide bonds. The number of hydrogen-bond donors (Lipinski definition) is 1. The van der Waals surface area contributed by atoms with Crippen LogP contribution in [0.1, 0.15) is 19.8 Å². The summed E-state index contributed by atoms with van der Waals surface area (Å²) >= 11 is 0. The van der Waals surface area contributed by atoms with Crippen molar-refractivity contribution < 1.29 is 21.9 Å². The Morgan fingerprint density at radius 2 is 1.82 bits per heavy atom. The van der Waals surface area contributed by atoms with E-state index in [4.69, 9.17) is 5.11 Å². The Bertz CT molecular complexity index is 428. The van der Waals surface area contributed by atoms with Crippen LogP contribution in [0.4, 0.5) is 0 Å². The lowest BCUT2D eigenvalue weighted by molar-refractivity contribution is 0.255. The first-order valence-corrected chi connectivity index (χ1v) is 8.96. The molecule has 0 aromatic heterocycles. The number of likely N-dealkylation sites (N-methyl/N-ethyl adjacent to an activating group) is 1. The van der Waals surface area contributed by atoms with Gasteiger partial charge in [-0.15, -0.1) is 0 Å². The zero-order valence-electron chi connectivity index (χ0n) is 9.87. The molecule has 8 heteroatoms. The normalized spacial score (nSPS) is 21.8. The quantitative estimate of drug-likeness (QED) is 0.714. The van der Waals surface area contributed by atoms with Gasteiger partial charge in [-0.3, -0.25) is 0 Å². The van der Waals surface area contributed by atoms with E-state index in [1.165, 1.54) is 4.31 Å². The summed E-state index contributed by atoms with van der Waals surface area (Å²) in [5, 5.41) is 8.18. The van der Waals surface area contributed by atoms with Crippen molar-refractivity contribution in [2.24, 2.45) is 0 Å². The van der Waals surface area contributed by atoms with Crippen LogP contribution < -0.4 is 0 Å². The first-order valence-electron chi connectivity index (χ1n) is 5.63. The van der Waals surface area contributed by atoms with E-state index in [1.54, 1.807) is 6.92 Å². The van der Waals surface area contributed by atoms with E-state index >= 15 is 0 Å². The van der Waals surface area contributed by atoms with Crippen LogP contribution >= 0.6 is 0 Å². The molecular weight excluding hydrogens is 266 g/mol. The smallest absolute Gasteiger partial charge is 0.217 e. The average Bonchev–Trinajstić information content (AvgIpc) is 2.25. The Labute approximate surface area is 103 Å². The van der Waals surface area contributed by atoms with Crippen molar-refractivity contribution in [1.82, 2.24) is 4.31 Å². The molecule has 1 saturated heterocycles. The zero-order chi connectivity index (χ0) is 13.1. The molecule has 1 aliphatic heterocycles. The summed E-state index contributed by atoms with van der Waals surface area (Å²) < 4.78 is 48.0. The second-order valence-corrected chi connectivity index (χ2v) is 8.63. The molecule has 0 radical (unpaired) electrons. The number of aliphatic hydroxyl groups excluding tert-OH is 1. The van der Waals surface area contributed by atoms with Gasteiger partial charge in [-0.1, -0.05) is 6.92 Å². The van der Waals surface area contributed by atoms with E-state index in [1.807, 2.05) is 0 Å². The predicted molar refractivity (Wildman–Crippen MR) is 64.9 cm³/mol. The maximum Gasteiger partial charge on any atom is 0.217 e. The minimum absolute atomic E-state index is 0.0619. The topological polar surface area (TPSA) is 91.8 Å². The number of hydrogen-bond acceptors (Lipinski definition) is 5. The van der Waals surface area contributed by atoms with Crippen LogP contribution in [0.5, 0.6) is 0 Å². The fourth-order valence-electron chi connectivity index (χ4n) is 1.95. The van der Waals surface area contributed by atoms with Crippen molar-refractivity contribution in [3.63, 3.8) is 0 Å². The molecule has 0 saturated carbocycles. The molecule has 0 aromatic rings. The van der Waals surface area contributed by atoms with E-state index in [2.05, 4.69) is 0 Å². The van der Waals surface area contributed by atoms with Gasteiger partial charge < -0.3 is 5.11 Å². The Kier molecular flexibility index (Phi) is 4.94. The monoisotopic (exact) mass is 285 g/mol. The molecule has 1 aliphatic rings. The molecule has 17 heavy (non-hydrogen) atoms. The van der Waals surface area contributed by atoms with Gasteiger partial charge in [-0.2, -0.15) is 4.31 Å². The van der Waals surface area contributed by atoms with Gasteiger partial charge in [0, 0.05) is 13.1 Å². The van der Waals surface area contributed by atoms with Crippen molar-refractivity contribution in [3.8, 4) is 0 Å². The lowest BCUT2D eigenvalue weighted by Gasteiger charge is -2.28. The number of aliphatic hydroxyl groups is 1. The fourth-order valence-corrected chi connectivity index (χ4v) is 5.69. The van der Waals surface area contributed by atoms with Crippen molar-refractivity contribution in [1.29, 1.82) is 0 Å². The molecule has 0 aromatic carbocycles. The van der Waals surface area contributed by atoms with Crippen LogP contribution in [-0.4, -0.2) is 62.7 Å². The first kappa shape index (κ1) is 14.9. The summed E-state index contributed by atoms with van der Waals surface area (Å²) in [4.78, 5) is 0. The van der Waals surface area contributed by atoms with E-state index in [9.17, 15) is 16.8 Å². The van der Waals surface area contributed by atoms with Gasteiger partial charge in [0.15, 0.2) is 0 Å². The highest BCUT2D eigenvalue weighted by Crippen LogP contribution is 2.22. The molecule has 1 N–H and O–H groups in total. The van der Waals surface area contributed by atoms with Crippen LogP contribution in [0.3, 0.4) is 0 Å². The Morgan fingerprint density at radius 3 is 2.24 bits per heavy atom. The van der Waals surface area contributed by atoms with E-state index in [-0.39, 0.29) is 37.5 Å². The third kappa shape index (κ3) is 3.64. The van der Waals surface area contributed by atoms with Gasteiger partial charge in [-0.25, -0.2) is 16.8 Å². The second kappa shape index (κ2) is 5.64. The summed E-state index contributed by atoms with van der Waals surface area (Å²) in [6, 6.07) is 0. The van der Waals surface area contributed by atoms with Gasteiger partial charge in [0.05, 0.1) is 23.4 Å². The third-order valence-corrected chi connectivity index (χ3v) is 7.17. The van der Waals surface area contributed by atoms with E-state index < -0.39 is 25.1 Å². The summed E-state index contributed by atoms with van der Waals surface area (Å²) in [6.07, 6.45) is 0.319. The minimum Gasteiger partial charge on any atom is -0.395 e. The van der Waals surface area contributed by atoms with Gasteiger partial charge in [0.1, 0.15) is 9.84 Å². The van der Waals surface area contributed by atoms with Crippen LogP contribution in [0.15, 0.2) is 0 Å².